The van der Waals surface area contributed by atoms with Crippen LogP contribution in [0.25, 0.3) is 10.8 Å². The van der Waals surface area contributed by atoms with E-state index in [4.69, 9.17) is 20.3 Å². The van der Waals surface area contributed by atoms with Crippen LogP contribution >= 0.6 is 0 Å². The van der Waals surface area contributed by atoms with E-state index < -0.39 is 35.9 Å². The molecule has 0 unspecified atom stereocenters. The molecule has 3 aromatic rings. The molecule has 3 atom stereocenters. The number of nitrogens with one attached hydrogen (secondary N) is 1. The highest BCUT2D eigenvalue weighted by atomic mass is 19.1. The van der Waals surface area contributed by atoms with Gasteiger partial charge in [-0.1, -0.05) is 18.8 Å². The standard InChI is InChI=1S/C27H24FN3O6/c1-3-17-21(31-25(33)23(17)28)13-37-26-19-11-22(36-2)20(24(29)32)10-18(19)16(12-30-26)9-6-14-4-7-15(8-5-14)27(34)35/h4-5,7-8,10-12,17,21,23H,3,13H2,1-2H3,(H2,29,32)(H,31,33)(H,34,35)/t17-,21+,23-/m0/s1. The quantitative estimate of drug-likeness (QED) is 0.419. The molecule has 2 amide bonds. The normalized spacial score (nSPS) is 18.6. The Labute approximate surface area is 211 Å². The van der Waals surface area contributed by atoms with Crippen LogP contribution in [0.3, 0.4) is 0 Å². The van der Waals surface area contributed by atoms with E-state index in [0.29, 0.717) is 28.3 Å². The number of benzene rings is 2. The van der Waals surface area contributed by atoms with Gasteiger partial charge in [-0.2, -0.15) is 0 Å². The van der Waals surface area contributed by atoms with Crippen molar-refractivity contribution in [3.63, 3.8) is 0 Å². The summed E-state index contributed by atoms with van der Waals surface area (Å²) in [5, 5.41) is 12.7. The number of nitrogens with two attached hydrogens (primary N) is 1. The first-order valence-corrected chi connectivity index (χ1v) is 11.5. The molecule has 0 bridgehead atoms. The summed E-state index contributed by atoms with van der Waals surface area (Å²) in [5.74, 6) is 3.43. The number of alkyl halides is 1. The van der Waals surface area contributed by atoms with Crippen molar-refractivity contribution in [2.75, 3.05) is 13.7 Å². The van der Waals surface area contributed by atoms with Gasteiger partial charge in [-0.25, -0.2) is 14.2 Å². The molecule has 2 aromatic carbocycles. The number of carbonyl (C=O) groups is 3. The number of hydrogen-bond donors (Lipinski definition) is 3. The van der Waals surface area contributed by atoms with E-state index in [1.165, 1.54) is 31.5 Å². The minimum absolute atomic E-state index is 0.00634. The van der Waals surface area contributed by atoms with Gasteiger partial charge in [-0.05, 0) is 42.8 Å². The minimum Gasteiger partial charge on any atom is -0.496 e. The molecule has 190 valence electrons. The number of aromatic nitrogens is 1. The number of amides is 2. The van der Waals surface area contributed by atoms with E-state index in [-0.39, 0.29) is 29.4 Å². The van der Waals surface area contributed by atoms with Crippen LogP contribution in [0.2, 0.25) is 0 Å². The van der Waals surface area contributed by atoms with Gasteiger partial charge in [-0.3, -0.25) is 9.59 Å². The molecule has 4 rings (SSSR count). The predicted molar refractivity (Wildman–Crippen MR) is 132 cm³/mol. The average Bonchev–Trinajstić information content (AvgIpc) is 3.17. The summed E-state index contributed by atoms with van der Waals surface area (Å²) in [7, 11) is 1.40. The lowest BCUT2D eigenvalue weighted by atomic mass is 9.97. The van der Waals surface area contributed by atoms with Crippen LogP contribution in [0.4, 0.5) is 4.39 Å². The largest absolute Gasteiger partial charge is 0.496 e. The third kappa shape index (κ3) is 5.16. The molecular formula is C27H24FN3O6. The second kappa shape index (κ2) is 10.5. The van der Waals surface area contributed by atoms with E-state index in [2.05, 4.69) is 22.1 Å². The topological polar surface area (TPSA) is 141 Å². The lowest BCUT2D eigenvalue weighted by Gasteiger charge is -2.19. The zero-order valence-corrected chi connectivity index (χ0v) is 20.1. The van der Waals surface area contributed by atoms with Crippen LogP contribution in [0.1, 0.15) is 45.2 Å². The molecule has 0 spiro atoms. The third-order valence-electron chi connectivity index (χ3n) is 6.25. The molecule has 10 heteroatoms. The lowest BCUT2D eigenvalue weighted by molar-refractivity contribution is -0.123. The second-order valence-electron chi connectivity index (χ2n) is 8.47. The molecule has 1 aromatic heterocycles. The molecule has 4 N–H and O–H groups in total. The van der Waals surface area contributed by atoms with Crippen LogP contribution in [-0.2, 0) is 4.79 Å². The van der Waals surface area contributed by atoms with Crippen LogP contribution in [0, 0.1) is 17.8 Å². The maximum absolute atomic E-state index is 14.2. The summed E-state index contributed by atoms with van der Waals surface area (Å²) in [6, 6.07) is 8.63. The molecule has 0 aliphatic carbocycles. The van der Waals surface area contributed by atoms with Gasteiger partial charge in [0, 0.05) is 28.5 Å². The Balaban J connectivity index is 1.73. The molecule has 0 saturated carbocycles. The number of carboxylic acids is 1. The molecule has 0 radical (unpaired) electrons. The van der Waals surface area contributed by atoms with Gasteiger partial charge >= 0.3 is 5.97 Å². The number of pyridine rings is 1. The Hall–Kier alpha value is -4.65. The monoisotopic (exact) mass is 505 g/mol. The first kappa shape index (κ1) is 25.4. The van der Waals surface area contributed by atoms with E-state index in [0.717, 1.165) is 0 Å². The fourth-order valence-corrected chi connectivity index (χ4v) is 4.25. The van der Waals surface area contributed by atoms with E-state index >= 15 is 0 Å². The van der Waals surface area contributed by atoms with E-state index in [1.807, 2.05) is 0 Å². The van der Waals surface area contributed by atoms with Crippen molar-refractivity contribution in [1.29, 1.82) is 0 Å². The Morgan fingerprint density at radius 2 is 1.92 bits per heavy atom. The molecule has 1 fully saturated rings. The van der Waals surface area contributed by atoms with Crippen molar-refractivity contribution in [2.45, 2.75) is 25.6 Å². The molecule has 2 heterocycles. The van der Waals surface area contributed by atoms with Gasteiger partial charge in [-0.15, -0.1) is 0 Å². The predicted octanol–water partition coefficient (Wildman–Crippen LogP) is 2.68. The third-order valence-corrected chi connectivity index (χ3v) is 6.25. The van der Waals surface area contributed by atoms with Crippen molar-refractivity contribution >= 4 is 28.6 Å². The summed E-state index contributed by atoms with van der Waals surface area (Å²) in [5.41, 5.74) is 6.85. The van der Waals surface area contributed by atoms with Crippen LogP contribution < -0.4 is 20.5 Å². The van der Waals surface area contributed by atoms with E-state index in [9.17, 15) is 18.8 Å². The van der Waals surface area contributed by atoms with E-state index in [1.54, 1.807) is 25.1 Å². The van der Waals surface area contributed by atoms with Gasteiger partial charge in [0.2, 0.25) is 5.88 Å². The summed E-state index contributed by atoms with van der Waals surface area (Å²) >= 11 is 0. The fourth-order valence-electron chi connectivity index (χ4n) is 4.25. The summed E-state index contributed by atoms with van der Waals surface area (Å²) in [4.78, 5) is 39.3. The zero-order chi connectivity index (χ0) is 26.7. The number of carboxylic acid groups (broad SMARTS) is 1. The van der Waals surface area contributed by atoms with Gasteiger partial charge in [0.25, 0.3) is 11.8 Å². The zero-order valence-electron chi connectivity index (χ0n) is 20.1. The SMILES string of the molecule is CC[C@@H]1[C@H](F)C(=O)N[C@@H]1COc1ncc(C#Cc2ccc(C(=O)O)cc2)c2cc(C(N)=O)c(OC)cc12. The molecule has 9 nitrogen and oxygen atoms in total. The van der Waals surface area contributed by atoms with Crippen LogP contribution in [0.15, 0.2) is 42.6 Å². The Morgan fingerprint density at radius 1 is 1.19 bits per heavy atom. The number of aromatic carboxylic acids is 1. The summed E-state index contributed by atoms with van der Waals surface area (Å²) in [6.45, 7) is 1.80. The molecular weight excluding hydrogens is 481 g/mol. The smallest absolute Gasteiger partial charge is 0.335 e. The molecule has 1 aliphatic rings. The van der Waals surface area contributed by atoms with Gasteiger partial charge in [0.15, 0.2) is 6.17 Å². The van der Waals surface area contributed by atoms with Gasteiger partial charge in [0.1, 0.15) is 12.4 Å². The highest BCUT2D eigenvalue weighted by molar-refractivity contribution is 6.03. The Kier molecular flexibility index (Phi) is 7.25. The fraction of sp³-hybridized carbons (Fsp3) is 0.259. The average molecular weight is 506 g/mol. The van der Waals surface area contributed by atoms with Crippen LogP contribution in [0.5, 0.6) is 11.6 Å². The van der Waals surface area contributed by atoms with Crippen molar-refractivity contribution in [3.05, 3.63) is 64.8 Å². The Bertz CT molecular complexity index is 1440. The molecule has 1 saturated heterocycles. The van der Waals surface area contributed by atoms with Gasteiger partial charge in [0.05, 0.1) is 29.8 Å². The van der Waals surface area contributed by atoms with Gasteiger partial charge < -0.3 is 25.6 Å². The number of fused-ring (bicyclic) bond motifs is 1. The number of hydrogen-bond acceptors (Lipinski definition) is 6. The minimum atomic E-state index is -1.59. The summed E-state index contributed by atoms with van der Waals surface area (Å²) in [6.07, 6.45) is 0.333. The summed E-state index contributed by atoms with van der Waals surface area (Å²) < 4.78 is 25.4. The first-order valence-electron chi connectivity index (χ1n) is 11.5. The maximum Gasteiger partial charge on any atom is 0.335 e. The first-order chi connectivity index (χ1) is 17.7. The van der Waals surface area contributed by atoms with Crippen molar-refractivity contribution in [1.82, 2.24) is 10.3 Å². The maximum atomic E-state index is 14.2. The number of nitrogens with zero attached hydrogens (tertiary/aromatic N) is 1. The number of rotatable bonds is 7. The number of methoxy groups -OCH3 is 1. The highest BCUT2D eigenvalue weighted by Gasteiger charge is 2.41. The van der Waals surface area contributed by atoms with Crippen molar-refractivity contribution in [3.8, 4) is 23.5 Å². The van der Waals surface area contributed by atoms with Crippen molar-refractivity contribution < 1.29 is 33.4 Å². The number of primary amides is 1. The highest BCUT2D eigenvalue weighted by Crippen LogP contribution is 2.33. The molecule has 1 aliphatic heterocycles. The second-order valence-corrected chi connectivity index (χ2v) is 8.47. The van der Waals surface area contributed by atoms with Crippen LogP contribution in [-0.4, -0.2) is 53.8 Å². The number of halogens is 1. The number of carbonyl (C=O) groups excluding carboxylic acids is 2. The Morgan fingerprint density at radius 3 is 2.54 bits per heavy atom. The lowest BCUT2D eigenvalue weighted by Crippen LogP contribution is -2.34. The van der Waals surface area contributed by atoms with Crippen molar-refractivity contribution in [2.24, 2.45) is 11.7 Å². The molecule has 37 heavy (non-hydrogen) atoms. The number of ether oxygens (including phenoxy) is 2.